The first kappa shape index (κ1) is 27.8. The number of fused-ring (bicyclic) bond motifs is 1. The Bertz CT molecular complexity index is 1040. The lowest BCUT2D eigenvalue weighted by Gasteiger charge is -2.33. The molecular formula is C30H41N5O3. The summed E-state index contributed by atoms with van der Waals surface area (Å²) in [6.45, 7) is 2.37. The minimum Gasteiger partial charge on any atom is -0.343 e. The van der Waals surface area contributed by atoms with Gasteiger partial charge in [0.05, 0.1) is 12.1 Å². The van der Waals surface area contributed by atoms with Gasteiger partial charge in [0, 0.05) is 6.04 Å². The molecule has 3 amide bonds. The van der Waals surface area contributed by atoms with Gasteiger partial charge in [0.25, 0.3) is 0 Å². The van der Waals surface area contributed by atoms with Crippen LogP contribution in [0.15, 0.2) is 60.7 Å². The summed E-state index contributed by atoms with van der Waals surface area (Å²) in [5.74, 6) is -0.579. The van der Waals surface area contributed by atoms with Gasteiger partial charge in [0.15, 0.2) is 0 Å². The molecule has 2 aromatic carbocycles. The Hall–Kier alpha value is -3.23. The largest absolute Gasteiger partial charge is 0.343 e. The Morgan fingerprint density at radius 1 is 0.974 bits per heavy atom. The van der Waals surface area contributed by atoms with Crippen molar-refractivity contribution < 1.29 is 14.4 Å². The van der Waals surface area contributed by atoms with Crippen molar-refractivity contribution in [2.75, 3.05) is 13.6 Å². The minimum absolute atomic E-state index is 0.0152. The fraction of sp³-hybridized carbons (Fsp3) is 0.500. The predicted molar refractivity (Wildman–Crippen MR) is 148 cm³/mol. The van der Waals surface area contributed by atoms with Crippen molar-refractivity contribution in [1.29, 1.82) is 0 Å². The Morgan fingerprint density at radius 2 is 1.58 bits per heavy atom. The first-order chi connectivity index (χ1) is 18.5. The quantitative estimate of drug-likeness (QED) is 0.385. The molecule has 2 aromatic rings. The number of hydrogen-bond acceptors (Lipinski definition) is 5. The van der Waals surface area contributed by atoms with E-state index in [1.165, 1.54) is 0 Å². The summed E-state index contributed by atoms with van der Waals surface area (Å²) in [5, 5.41) is 9.29. The molecule has 2 aliphatic rings. The number of nitrogens with one attached hydrogen (secondary N) is 3. The van der Waals surface area contributed by atoms with E-state index in [1.54, 1.807) is 11.9 Å². The summed E-state index contributed by atoms with van der Waals surface area (Å²) in [4.78, 5) is 42.6. The number of amides is 3. The van der Waals surface area contributed by atoms with Gasteiger partial charge >= 0.3 is 0 Å². The van der Waals surface area contributed by atoms with E-state index in [1.807, 2.05) is 67.6 Å². The van der Waals surface area contributed by atoms with Gasteiger partial charge < -0.3 is 26.6 Å². The van der Waals surface area contributed by atoms with Crippen LogP contribution in [0.4, 0.5) is 0 Å². The molecule has 2 aliphatic heterocycles. The van der Waals surface area contributed by atoms with Crippen molar-refractivity contribution >= 4 is 17.7 Å². The first-order valence-corrected chi connectivity index (χ1v) is 13.9. The molecular weight excluding hydrogens is 478 g/mol. The number of hydrogen-bond donors (Lipinski definition) is 4. The first-order valence-electron chi connectivity index (χ1n) is 13.9. The van der Waals surface area contributed by atoms with Gasteiger partial charge in [-0.1, -0.05) is 67.6 Å². The topological polar surface area (TPSA) is 117 Å². The average molecular weight is 520 g/mol. The molecule has 8 nitrogen and oxygen atoms in total. The van der Waals surface area contributed by atoms with Crippen molar-refractivity contribution in [3.63, 3.8) is 0 Å². The van der Waals surface area contributed by atoms with Crippen LogP contribution in [0.3, 0.4) is 0 Å². The summed E-state index contributed by atoms with van der Waals surface area (Å²) >= 11 is 0. The van der Waals surface area contributed by atoms with E-state index in [0.29, 0.717) is 25.8 Å². The van der Waals surface area contributed by atoms with Crippen LogP contribution >= 0.6 is 0 Å². The van der Waals surface area contributed by atoms with E-state index in [-0.39, 0.29) is 41.8 Å². The molecule has 0 bridgehead atoms. The van der Waals surface area contributed by atoms with Crippen LogP contribution in [-0.2, 0) is 14.4 Å². The molecule has 204 valence electrons. The Morgan fingerprint density at radius 3 is 2.13 bits per heavy atom. The standard InChI is InChI=1S/C30H41N5O3/c1-3-24(32-2)28(36)34-27-22(18-19-31)14-15-23-16-17-25(35(23)30(27)38)29(37)33-26(20-10-6-4-7-11-20)21-12-8-5-9-13-21/h4-13,22-27,32H,3,14-19,31H2,1-2H3,(H,33,37)(H,34,36)/t22?,23?,24-,25?,27?/m0/s1. The zero-order valence-electron chi connectivity index (χ0n) is 22.4. The number of nitrogens with two attached hydrogens (primary N) is 1. The van der Waals surface area contributed by atoms with E-state index >= 15 is 0 Å². The van der Waals surface area contributed by atoms with Crippen molar-refractivity contribution in [3.05, 3.63) is 71.8 Å². The number of carbonyl (C=O) groups excluding carboxylic acids is 3. The lowest BCUT2D eigenvalue weighted by atomic mass is 9.90. The molecule has 2 heterocycles. The average Bonchev–Trinajstić information content (AvgIpc) is 3.33. The molecule has 2 fully saturated rings. The third-order valence-corrected chi connectivity index (χ3v) is 8.13. The van der Waals surface area contributed by atoms with E-state index in [4.69, 9.17) is 5.73 Å². The Labute approximate surface area is 225 Å². The maximum atomic E-state index is 14.1. The van der Waals surface area contributed by atoms with Crippen LogP contribution in [-0.4, -0.2) is 60.4 Å². The van der Waals surface area contributed by atoms with Crippen LogP contribution in [0.25, 0.3) is 0 Å². The van der Waals surface area contributed by atoms with Crippen molar-refractivity contribution in [3.8, 4) is 0 Å². The molecule has 5 atom stereocenters. The smallest absolute Gasteiger partial charge is 0.246 e. The number of carbonyl (C=O) groups is 3. The van der Waals surface area contributed by atoms with E-state index in [9.17, 15) is 14.4 Å². The van der Waals surface area contributed by atoms with Gasteiger partial charge in [-0.25, -0.2) is 0 Å². The second-order valence-corrected chi connectivity index (χ2v) is 10.4. The van der Waals surface area contributed by atoms with Crippen LogP contribution < -0.4 is 21.7 Å². The summed E-state index contributed by atoms with van der Waals surface area (Å²) in [6.07, 6.45) is 4.23. The SMILES string of the molecule is CC[C@H](NC)C(=O)NC1C(=O)N2C(CCC1CCN)CCC2C(=O)NC(c1ccccc1)c1ccccc1. The summed E-state index contributed by atoms with van der Waals surface area (Å²) in [7, 11) is 1.74. The number of nitrogens with zero attached hydrogens (tertiary/aromatic N) is 1. The molecule has 38 heavy (non-hydrogen) atoms. The summed E-state index contributed by atoms with van der Waals surface area (Å²) in [5.41, 5.74) is 7.87. The summed E-state index contributed by atoms with van der Waals surface area (Å²) in [6, 6.07) is 17.8. The predicted octanol–water partition coefficient (Wildman–Crippen LogP) is 2.49. The van der Waals surface area contributed by atoms with E-state index < -0.39 is 12.1 Å². The fourth-order valence-corrected chi connectivity index (χ4v) is 6.06. The lowest BCUT2D eigenvalue weighted by molar-refractivity contribution is -0.143. The number of rotatable bonds is 10. The molecule has 0 radical (unpaired) electrons. The van der Waals surface area contributed by atoms with E-state index in [0.717, 1.165) is 30.4 Å². The van der Waals surface area contributed by atoms with Crippen LogP contribution in [0, 0.1) is 5.92 Å². The Balaban J connectivity index is 1.58. The number of likely N-dealkylation sites (N-methyl/N-ethyl adjacent to an activating group) is 1. The van der Waals surface area contributed by atoms with Gasteiger partial charge in [-0.3, -0.25) is 14.4 Å². The van der Waals surface area contributed by atoms with Crippen LogP contribution in [0.1, 0.15) is 62.6 Å². The highest BCUT2D eigenvalue weighted by atomic mass is 16.2. The van der Waals surface area contributed by atoms with E-state index in [2.05, 4.69) is 16.0 Å². The molecule has 0 aliphatic carbocycles. The zero-order chi connectivity index (χ0) is 27.1. The van der Waals surface area contributed by atoms with Crippen molar-refractivity contribution in [2.24, 2.45) is 11.7 Å². The van der Waals surface area contributed by atoms with Crippen LogP contribution in [0.2, 0.25) is 0 Å². The molecule has 8 heteroatoms. The minimum atomic E-state index is -0.689. The summed E-state index contributed by atoms with van der Waals surface area (Å²) < 4.78 is 0. The molecule has 0 saturated carbocycles. The highest BCUT2D eigenvalue weighted by Crippen LogP contribution is 2.35. The van der Waals surface area contributed by atoms with Crippen molar-refractivity contribution in [1.82, 2.24) is 20.9 Å². The second kappa shape index (κ2) is 13.0. The fourth-order valence-electron chi connectivity index (χ4n) is 6.06. The highest BCUT2D eigenvalue weighted by molar-refractivity contribution is 5.94. The van der Waals surface area contributed by atoms with Gasteiger partial charge in [0.2, 0.25) is 17.7 Å². The third-order valence-electron chi connectivity index (χ3n) is 8.13. The molecule has 0 aromatic heterocycles. The van der Waals surface area contributed by atoms with Gasteiger partial charge in [0.1, 0.15) is 12.1 Å². The third kappa shape index (κ3) is 6.08. The molecule has 4 rings (SSSR count). The van der Waals surface area contributed by atoms with Crippen molar-refractivity contribution in [2.45, 2.75) is 75.7 Å². The maximum Gasteiger partial charge on any atom is 0.246 e. The molecule has 5 N–H and O–H groups in total. The molecule has 4 unspecified atom stereocenters. The lowest BCUT2D eigenvalue weighted by Crippen LogP contribution is -2.58. The Kier molecular flexibility index (Phi) is 9.53. The van der Waals surface area contributed by atoms with Gasteiger partial charge in [-0.05, 0) is 69.2 Å². The highest BCUT2D eigenvalue weighted by Gasteiger charge is 2.47. The normalized spacial score (nSPS) is 24.0. The number of benzene rings is 2. The molecule has 0 spiro atoms. The monoisotopic (exact) mass is 519 g/mol. The van der Waals surface area contributed by atoms with Gasteiger partial charge in [-0.2, -0.15) is 0 Å². The van der Waals surface area contributed by atoms with Gasteiger partial charge in [-0.15, -0.1) is 0 Å². The zero-order valence-corrected chi connectivity index (χ0v) is 22.4. The second-order valence-electron chi connectivity index (χ2n) is 10.4. The molecule has 2 saturated heterocycles. The van der Waals surface area contributed by atoms with Crippen LogP contribution in [0.5, 0.6) is 0 Å². The maximum absolute atomic E-state index is 14.1.